The van der Waals surface area contributed by atoms with Crippen molar-refractivity contribution < 1.29 is 42.1 Å². The van der Waals surface area contributed by atoms with Crippen molar-refractivity contribution in [1.29, 1.82) is 0 Å². The smallest absolute Gasteiger partial charge is 0.462 e. The zero-order valence-electron chi connectivity index (χ0n) is 35.0. The summed E-state index contributed by atoms with van der Waals surface area (Å²) in [5.41, 5.74) is 0. The largest absolute Gasteiger partial charge is 0.472 e. The molecule has 0 aromatic heterocycles. The SMILES string of the molecule is CCCCCC/C=C/C=C/CCCCCCCC(=O)OC[C@H](COP(=O)(O)OCC[N+](C)(C)C)OC(=O)CCCCCCCCCCCCCCCC. The molecule has 0 aliphatic heterocycles. The number of rotatable bonds is 39. The van der Waals surface area contributed by atoms with Crippen LogP contribution in [0.2, 0.25) is 0 Å². The summed E-state index contributed by atoms with van der Waals surface area (Å²) in [4.78, 5) is 35.3. The fraction of sp³-hybridized carbons (Fsp3) is 0.860. The van der Waals surface area contributed by atoms with Gasteiger partial charge >= 0.3 is 19.8 Å². The van der Waals surface area contributed by atoms with Crippen molar-refractivity contribution in [1.82, 2.24) is 0 Å². The van der Waals surface area contributed by atoms with E-state index in [1.165, 1.54) is 96.3 Å². The maximum absolute atomic E-state index is 12.7. The molecule has 0 bridgehead atoms. The highest BCUT2D eigenvalue weighted by Gasteiger charge is 2.27. The van der Waals surface area contributed by atoms with E-state index in [0.29, 0.717) is 17.4 Å². The summed E-state index contributed by atoms with van der Waals surface area (Å²) in [5.74, 6) is -0.811. The van der Waals surface area contributed by atoms with Crippen LogP contribution in [0.5, 0.6) is 0 Å². The Labute approximate surface area is 326 Å². The molecule has 0 heterocycles. The Balaban J connectivity index is 4.39. The monoisotopic (exact) mass is 773 g/mol. The molecule has 0 spiro atoms. The zero-order chi connectivity index (χ0) is 39.3. The van der Waals surface area contributed by atoms with E-state index in [1.54, 1.807) is 0 Å². The molecule has 0 radical (unpaired) electrons. The van der Waals surface area contributed by atoms with Crippen molar-refractivity contribution in [2.24, 2.45) is 0 Å². The van der Waals surface area contributed by atoms with E-state index in [1.807, 2.05) is 21.1 Å². The maximum Gasteiger partial charge on any atom is 0.472 e. The average molecular weight is 773 g/mol. The number of ether oxygens (including phenoxy) is 2. The van der Waals surface area contributed by atoms with Crippen LogP contribution in [0.1, 0.15) is 187 Å². The number of phosphoric ester groups is 1. The van der Waals surface area contributed by atoms with Crippen LogP contribution in [0.25, 0.3) is 0 Å². The first-order valence-electron chi connectivity index (χ1n) is 21.6. The molecular weight excluding hydrogens is 689 g/mol. The van der Waals surface area contributed by atoms with E-state index < -0.39 is 26.5 Å². The summed E-state index contributed by atoms with van der Waals surface area (Å²) in [6.07, 6.45) is 37.9. The molecule has 9 nitrogen and oxygen atoms in total. The van der Waals surface area contributed by atoms with Gasteiger partial charge in [0.1, 0.15) is 19.8 Å². The second-order valence-electron chi connectivity index (χ2n) is 15.8. The third kappa shape index (κ3) is 40.0. The summed E-state index contributed by atoms with van der Waals surface area (Å²) in [6, 6.07) is 0. The lowest BCUT2D eigenvalue weighted by molar-refractivity contribution is -0.870. The van der Waals surface area contributed by atoms with Crippen molar-refractivity contribution in [3.05, 3.63) is 24.3 Å². The Bertz CT molecular complexity index is 964. The molecule has 0 saturated carbocycles. The normalized spacial score (nSPS) is 13.8. The number of quaternary nitrogens is 1. The predicted molar refractivity (Wildman–Crippen MR) is 220 cm³/mol. The first-order valence-corrected chi connectivity index (χ1v) is 23.1. The highest BCUT2D eigenvalue weighted by atomic mass is 31.2. The van der Waals surface area contributed by atoms with E-state index in [9.17, 15) is 19.0 Å². The van der Waals surface area contributed by atoms with Crippen LogP contribution in [0, 0.1) is 0 Å². The molecule has 312 valence electrons. The third-order valence-corrected chi connectivity index (χ3v) is 10.2. The highest BCUT2D eigenvalue weighted by Crippen LogP contribution is 2.43. The van der Waals surface area contributed by atoms with Gasteiger partial charge in [-0.3, -0.25) is 18.6 Å². The van der Waals surface area contributed by atoms with Gasteiger partial charge in [0, 0.05) is 12.8 Å². The van der Waals surface area contributed by atoms with Crippen LogP contribution in [0.15, 0.2) is 24.3 Å². The summed E-state index contributed by atoms with van der Waals surface area (Å²) in [5, 5.41) is 0. The molecule has 53 heavy (non-hydrogen) atoms. The molecule has 0 aromatic carbocycles. The van der Waals surface area contributed by atoms with E-state index >= 15 is 0 Å². The van der Waals surface area contributed by atoms with Crippen LogP contribution in [0.3, 0.4) is 0 Å². The van der Waals surface area contributed by atoms with Crippen molar-refractivity contribution in [2.75, 3.05) is 47.5 Å². The van der Waals surface area contributed by atoms with Crippen LogP contribution in [0.4, 0.5) is 0 Å². The standard InChI is InChI=1S/C43H82NO8P/c1-6-8-10-12-14-16-18-20-22-24-25-27-29-31-33-35-42(45)49-39-41(40-51-53(47,48)50-38-37-44(3,4)5)52-43(46)36-34-32-30-28-26-23-21-19-17-15-13-11-9-7-2/h16,18,20,22,41H,6-15,17,19,21,23-40H2,1-5H3/p+1/b18-16+,22-20+/t41-/m1/s1. The number of likely N-dealkylation sites (N-methyl/N-ethyl adjacent to an activating group) is 1. The van der Waals surface area contributed by atoms with Gasteiger partial charge in [-0.2, -0.15) is 0 Å². The molecule has 1 unspecified atom stereocenters. The minimum Gasteiger partial charge on any atom is -0.462 e. The number of hydrogen-bond acceptors (Lipinski definition) is 7. The van der Waals surface area contributed by atoms with Crippen LogP contribution >= 0.6 is 7.82 Å². The van der Waals surface area contributed by atoms with Gasteiger partial charge in [0.25, 0.3) is 0 Å². The summed E-state index contributed by atoms with van der Waals surface area (Å²) in [6.45, 7) is 4.39. The van der Waals surface area contributed by atoms with Gasteiger partial charge in [-0.15, -0.1) is 0 Å². The molecule has 10 heteroatoms. The Morgan fingerprint density at radius 1 is 0.585 bits per heavy atom. The molecule has 1 N–H and O–H groups in total. The summed E-state index contributed by atoms with van der Waals surface area (Å²) in [7, 11) is 1.47. The molecule has 0 aromatic rings. The molecule has 0 fully saturated rings. The average Bonchev–Trinajstić information content (AvgIpc) is 3.10. The number of hydrogen-bond donors (Lipinski definition) is 1. The molecule has 0 aliphatic rings. The minimum atomic E-state index is -4.37. The quantitative estimate of drug-likeness (QED) is 0.0216. The number of carbonyl (C=O) groups is 2. The first kappa shape index (κ1) is 51.5. The van der Waals surface area contributed by atoms with Gasteiger partial charge in [0.2, 0.25) is 0 Å². The van der Waals surface area contributed by atoms with Gasteiger partial charge in [0.05, 0.1) is 27.7 Å². The van der Waals surface area contributed by atoms with Gasteiger partial charge in [-0.25, -0.2) is 4.57 Å². The van der Waals surface area contributed by atoms with Gasteiger partial charge in [-0.05, 0) is 38.5 Å². The minimum absolute atomic E-state index is 0.0309. The number of esters is 2. The lowest BCUT2D eigenvalue weighted by atomic mass is 10.0. The number of phosphoric acid groups is 1. The van der Waals surface area contributed by atoms with Crippen LogP contribution in [-0.4, -0.2) is 74.9 Å². The fourth-order valence-corrected chi connectivity index (χ4v) is 6.57. The molecular formula is C43H83NO8P+. The molecule has 0 saturated heterocycles. The highest BCUT2D eigenvalue weighted by molar-refractivity contribution is 7.47. The number of carbonyl (C=O) groups excluding carboxylic acids is 2. The number of allylic oxidation sites excluding steroid dienone is 4. The van der Waals surface area contributed by atoms with Crippen LogP contribution < -0.4 is 0 Å². The molecule has 0 rings (SSSR count). The summed E-state index contributed by atoms with van der Waals surface area (Å²) < 4.78 is 34.3. The van der Waals surface area contributed by atoms with E-state index in [0.717, 1.165) is 57.8 Å². The molecule has 2 atom stereocenters. The van der Waals surface area contributed by atoms with Crippen molar-refractivity contribution in [3.63, 3.8) is 0 Å². The second-order valence-corrected chi connectivity index (χ2v) is 17.2. The summed E-state index contributed by atoms with van der Waals surface area (Å²) >= 11 is 0. The van der Waals surface area contributed by atoms with E-state index in [-0.39, 0.29) is 32.0 Å². The van der Waals surface area contributed by atoms with Crippen molar-refractivity contribution >= 4 is 19.8 Å². The van der Waals surface area contributed by atoms with E-state index in [4.69, 9.17) is 18.5 Å². The van der Waals surface area contributed by atoms with Crippen molar-refractivity contribution in [3.8, 4) is 0 Å². The fourth-order valence-electron chi connectivity index (χ4n) is 5.83. The molecule has 0 amide bonds. The van der Waals surface area contributed by atoms with Gasteiger partial charge in [0.15, 0.2) is 6.10 Å². The number of nitrogens with zero attached hydrogens (tertiary/aromatic N) is 1. The maximum atomic E-state index is 12.7. The molecule has 0 aliphatic carbocycles. The van der Waals surface area contributed by atoms with Crippen LogP contribution in [-0.2, 0) is 32.7 Å². The second kappa shape index (κ2) is 36.1. The Hall–Kier alpha value is -1.51. The Kier molecular flexibility index (Phi) is 35.1. The first-order chi connectivity index (χ1) is 25.5. The topological polar surface area (TPSA) is 108 Å². The lowest BCUT2D eigenvalue weighted by Crippen LogP contribution is -2.37. The Morgan fingerprint density at radius 2 is 1.00 bits per heavy atom. The lowest BCUT2D eigenvalue weighted by Gasteiger charge is -2.24. The third-order valence-electron chi connectivity index (χ3n) is 9.26. The van der Waals surface area contributed by atoms with E-state index in [2.05, 4.69) is 38.2 Å². The van der Waals surface area contributed by atoms with Gasteiger partial charge < -0.3 is 18.9 Å². The zero-order valence-corrected chi connectivity index (χ0v) is 35.9. The predicted octanol–water partition coefficient (Wildman–Crippen LogP) is 12.0. The van der Waals surface area contributed by atoms with Crippen molar-refractivity contribution in [2.45, 2.75) is 193 Å². The Morgan fingerprint density at radius 3 is 1.47 bits per heavy atom. The van der Waals surface area contributed by atoms with Gasteiger partial charge in [-0.1, -0.05) is 160 Å². The number of unbranched alkanes of at least 4 members (excludes halogenated alkanes) is 22.